The molecule has 110 valence electrons. The number of hydrogen-bond donors (Lipinski definition) is 0. The van der Waals surface area contributed by atoms with Gasteiger partial charge in [-0.15, -0.1) is 0 Å². The van der Waals surface area contributed by atoms with Gasteiger partial charge < -0.3 is 9.31 Å². The van der Waals surface area contributed by atoms with Crippen molar-refractivity contribution in [1.29, 1.82) is 5.26 Å². The second-order valence-electron chi connectivity index (χ2n) is 7.06. The van der Waals surface area contributed by atoms with Gasteiger partial charge in [-0.1, -0.05) is 17.7 Å². The lowest BCUT2D eigenvalue weighted by molar-refractivity contribution is 0.00578. The van der Waals surface area contributed by atoms with Crippen LogP contribution in [-0.2, 0) is 14.7 Å². The second kappa shape index (κ2) is 4.49. The molecule has 0 unspecified atom stereocenters. The molecule has 0 spiro atoms. The van der Waals surface area contributed by atoms with Crippen molar-refractivity contribution in [3.8, 4) is 6.07 Å². The van der Waals surface area contributed by atoms with Crippen molar-refractivity contribution in [2.45, 2.75) is 57.2 Å². The average Bonchev–Trinajstić information content (AvgIpc) is 3.13. The third-order valence-electron chi connectivity index (χ3n) is 4.96. The summed E-state index contributed by atoms with van der Waals surface area (Å²) in [5.41, 5.74) is 0.739. The highest BCUT2D eigenvalue weighted by atomic mass is 35.5. The molecule has 1 aromatic carbocycles. The Balaban J connectivity index is 1.96. The maximum Gasteiger partial charge on any atom is 0.494 e. The van der Waals surface area contributed by atoms with Gasteiger partial charge in [-0.25, -0.2) is 0 Å². The van der Waals surface area contributed by atoms with Gasteiger partial charge in [-0.3, -0.25) is 0 Å². The van der Waals surface area contributed by atoms with Crippen molar-refractivity contribution in [1.82, 2.24) is 0 Å². The minimum atomic E-state index is -0.443. The Morgan fingerprint density at radius 1 is 1.10 bits per heavy atom. The zero-order chi connectivity index (χ0) is 15.5. The minimum Gasteiger partial charge on any atom is -0.399 e. The molecular formula is C16H19BClNO2. The fourth-order valence-electron chi connectivity index (χ4n) is 2.59. The number of nitrogens with zero attached hydrogens (tertiary/aromatic N) is 1. The van der Waals surface area contributed by atoms with E-state index in [9.17, 15) is 5.26 Å². The van der Waals surface area contributed by atoms with Gasteiger partial charge in [0.25, 0.3) is 0 Å². The Kier molecular flexibility index (Phi) is 3.19. The summed E-state index contributed by atoms with van der Waals surface area (Å²) < 4.78 is 12.1. The van der Waals surface area contributed by atoms with E-state index >= 15 is 0 Å². The minimum absolute atomic E-state index is 0.358. The summed E-state index contributed by atoms with van der Waals surface area (Å²) in [7, 11) is -0.443. The van der Waals surface area contributed by atoms with Crippen LogP contribution in [0.2, 0.25) is 5.02 Å². The first-order valence-electron chi connectivity index (χ1n) is 7.27. The summed E-state index contributed by atoms with van der Waals surface area (Å²) in [4.78, 5) is 0. The summed E-state index contributed by atoms with van der Waals surface area (Å²) in [6.45, 7) is 8.10. The van der Waals surface area contributed by atoms with Crippen molar-refractivity contribution < 1.29 is 9.31 Å². The predicted molar refractivity (Wildman–Crippen MR) is 83.7 cm³/mol. The van der Waals surface area contributed by atoms with Crippen molar-refractivity contribution in [2.24, 2.45) is 0 Å². The van der Waals surface area contributed by atoms with Gasteiger partial charge in [0, 0.05) is 5.02 Å². The monoisotopic (exact) mass is 303 g/mol. The second-order valence-corrected chi connectivity index (χ2v) is 7.49. The Morgan fingerprint density at radius 2 is 1.67 bits per heavy atom. The Bertz CT molecular complexity index is 616. The van der Waals surface area contributed by atoms with Crippen molar-refractivity contribution in [3.63, 3.8) is 0 Å². The summed E-state index contributed by atoms with van der Waals surface area (Å²) in [6, 6.07) is 8.15. The molecule has 21 heavy (non-hydrogen) atoms. The lowest BCUT2D eigenvalue weighted by Gasteiger charge is -2.32. The first-order valence-corrected chi connectivity index (χ1v) is 7.65. The van der Waals surface area contributed by atoms with E-state index < -0.39 is 7.12 Å². The van der Waals surface area contributed by atoms with E-state index in [2.05, 4.69) is 6.07 Å². The zero-order valence-corrected chi connectivity index (χ0v) is 13.6. The molecule has 0 atom stereocenters. The predicted octanol–water partition coefficient (Wildman–Crippen LogP) is 3.19. The molecule has 0 amide bonds. The molecule has 1 aliphatic heterocycles. The number of halogens is 1. The molecule has 5 heteroatoms. The van der Waals surface area contributed by atoms with E-state index in [1.54, 1.807) is 0 Å². The summed E-state index contributed by atoms with van der Waals surface area (Å²) >= 11 is 6.24. The highest BCUT2D eigenvalue weighted by molar-refractivity contribution is 6.62. The quantitative estimate of drug-likeness (QED) is 0.788. The summed E-state index contributed by atoms with van der Waals surface area (Å²) in [5.74, 6) is 0. The van der Waals surface area contributed by atoms with E-state index in [0.29, 0.717) is 5.02 Å². The van der Waals surface area contributed by atoms with Crippen LogP contribution in [0, 0.1) is 11.3 Å². The molecule has 2 fully saturated rings. The molecule has 1 saturated carbocycles. The number of benzene rings is 1. The number of rotatable bonds is 2. The molecule has 3 nitrogen and oxygen atoms in total. The highest BCUT2D eigenvalue weighted by Crippen LogP contribution is 2.48. The van der Waals surface area contributed by atoms with Crippen LogP contribution in [-0.4, -0.2) is 18.3 Å². The van der Waals surface area contributed by atoms with Crippen LogP contribution in [0.15, 0.2) is 18.2 Å². The Labute approximate surface area is 131 Å². The lowest BCUT2D eigenvalue weighted by Crippen LogP contribution is -2.41. The van der Waals surface area contributed by atoms with Crippen molar-refractivity contribution >= 4 is 24.2 Å². The van der Waals surface area contributed by atoms with E-state index in [4.69, 9.17) is 20.9 Å². The Morgan fingerprint density at radius 3 is 2.14 bits per heavy atom. The largest absolute Gasteiger partial charge is 0.494 e. The van der Waals surface area contributed by atoms with Crippen molar-refractivity contribution in [3.05, 3.63) is 28.8 Å². The van der Waals surface area contributed by atoms with Crippen molar-refractivity contribution in [2.75, 3.05) is 0 Å². The van der Waals surface area contributed by atoms with Gasteiger partial charge >= 0.3 is 7.12 Å². The third-order valence-corrected chi connectivity index (χ3v) is 5.18. The van der Waals surface area contributed by atoms with E-state index in [1.807, 2.05) is 45.9 Å². The molecule has 1 aromatic rings. The van der Waals surface area contributed by atoms with Crippen LogP contribution in [0.25, 0.3) is 0 Å². The van der Waals surface area contributed by atoms with Gasteiger partial charge in [-0.2, -0.15) is 5.26 Å². The number of hydrogen-bond acceptors (Lipinski definition) is 3. The molecule has 2 aliphatic rings. The van der Waals surface area contributed by atoms with Crippen LogP contribution in [0.4, 0.5) is 0 Å². The SMILES string of the molecule is CC1(C)OB(c2cc(Cl)cc(C3(C#N)CC3)c2)OC1(C)C. The lowest BCUT2D eigenvalue weighted by atomic mass is 9.77. The standard InChI is InChI=1S/C16H19BClNO2/c1-14(2)15(3,4)21-17(20-14)12-7-11(8-13(18)9-12)16(10-19)5-6-16/h7-9H,5-6H2,1-4H3. The number of nitriles is 1. The highest BCUT2D eigenvalue weighted by Gasteiger charge is 2.52. The molecule has 0 N–H and O–H groups in total. The molecule has 0 aromatic heterocycles. The Hall–Kier alpha value is -1.02. The van der Waals surface area contributed by atoms with E-state index in [0.717, 1.165) is 23.9 Å². The zero-order valence-electron chi connectivity index (χ0n) is 12.9. The van der Waals surface area contributed by atoms with Crippen LogP contribution < -0.4 is 5.46 Å². The molecule has 1 saturated heterocycles. The van der Waals surface area contributed by atoms with Gasteiger partial charge in [-0.05, 0) is 63.7 Å². The topological polar surface area (TPSA) is 42.2 Å². The fourth-order valence-corrected chi connectivity index (χ4v) is 2.84. The maximum atomic E-state index is 9.37. The first kappa shape index (κ1) is 14.9. The van der Waals surface area contributed by atoms with Gasteiger partial charge in [0.2, 0.25) is 0 Å². The fraction of sp³-hybridized carbons (Fsp3) is 0.562. The normalized spacial score (nSPS) is 24.7. The molecule has 1 aliphatic carbocycles. The van der Waals surface area contributed by atoms with E-state index in [-0.39, 0.29) is 16.6 Å². The molecule has 0 bridgehead atoms. The third kappa shape index (κ3) is 2.38. The van der Waals surface area contributed by atoms with Crippen LogP contribution in [0.5, 0.6) is 0 Å². The van der Waals surface area contributed by atoms with Crippen LogP contribution >= 0.6 is 11.6 Å². The molecular weight excluding hydrogens is 284 g/mol. The van der Waals surface area contributed by atoms with Gasteiger partial charge in [0.05, 0.1) is 22.7 Å². The van der Waals surface area contributed by atoms with E-state index in [1.165, 1.54) is 0 Å². The first-order chi connectivity index (χ1) is 9.69. The summed E-state index contributed by atoms with van der Waals surface area (Å²) in [6.07, 6.45) is 1.79. The summed E-state index contributed by atoms with van der Waals surface area (Å²) in [5, 5.41) is 9.99. The molecule has 3 rings (SSSR count). The van der Waals surface area contributed by atoms with Crippen LogP contribution in [0.3, 0.4) is 0 Å². The molecule has 1 heterocycles. The van der Waals surface area contributed by atoms with Gasteiger partial charge in [0.15, 0.2) is 0 Å². The maximum absolute atomic E-state index is 9.37. The average molecular weight is 304 g/mol. The van der Waals surface area contributed by atoms with Gasteiger partial charge in [0.1, 0.15) is 0 Å². The molecule has 0 radical (unpaired) electrons. The smallest absolute Gasteiger partial charge is 0.399 e. The van der Waals surface area contributed by atoms with Crippen LogP contribution in [0.1, 0.15) is 46.1 Å².